The Morgan fingerprint density at radius 1 is 1.33 bits per heavy atom. The zero-order valence-corrected chi connectivity index (χ0v) is 11.5. The summed E-state index contributed by atoms with van der Waals surface area (Å²) in [7, 11) is 0. The monoisotopic (exact) mass is 269 g/mol. The SMILES string of the molecule is CC(C)N1CCN(c2snc(N)c2C(N)=O)CC1. The molecule has 2 rings (SSSR count). The quantitative estimate of drug-likeness (QED) is 0.827. The number of nitrogens with two attached hydrogens (primary N) is 2. The van der Waals surface area contributed by atoms with Crippen LogP contribution in [0.4, 0.5) is 10.8 Å². The third-order valence-corrected chi connectivity index (χ3v) is 4.20. The van der Waals surface area contributed by atoms with Crippen molar-refractivity contribution in [3.05, 3.63) is 5.56 Å². The van der Waals surface area contributed by atoms with Gasteiger partial charge in [0.2, 0.25) is 0 Å². The minimum atomic E-state index is -0.498. The van der Waals surface area contributed by atoms with E-state index < -0.39 is 5.91 Å². The molecule has 4 N–H and O–H groups in total. The molecular weight excluding hydrogens is 250 g/mol. The summed E-state index contributed by atoms with van der Waals surface area (Å²) in [6.45, 7) is 8.09. The smallest absolute Gasteiger partial charge is 0.255 e. The highest BCUT2D eigenvalue weighted by Gasteiger charge is 2.25. The fourth-order valence-electron chi connectivity index (χ4n) is 2.18. The van der Waals surface area contributed by atoms with Crippen LogP contribution in [0.1, 0.15) is 24.2 Å². The normalized spacial score (nSPS) is 17.4. The van der Waals surface area contributed by atoms with E-state index in [1.807, 2.05) is 0 Å². The molecule has 18 heavy (non-hydrogen) atoms. The minimum absolute atomic E-state index is 0.244. The number of carbonyl (C=O) groups is 1. The van der Waals surface area contributed by atoms with Gasteiger partial charge in [-0.3, -0.25) is 9.69 Å². The minimum Gasteiger partial charge on any atom is -0.382 e. The van der Waals surface area contributed by atoms with Gasteiger partial charge in [0.15, 0.2) is 5.82 Å². The maximum absolute atomic E-state index is 11.4. The zero-order valence-electron chi connectivity index (χ0n) is 10.7. The van der Waals surface area contributed by atoms with Crippen LogP contribution in [0, 0.1) is 0 Å². The number of primary amides is 1. The number of amides is 1. The second-order valence-electron chi connectivity index (χ2n) is 4.73. The topological polar surface area (TPSA) is 88.5 Å². The summed E-state index contributed by atoms with van der Waals surface area (Å²) in [4.78, 5) is 15.9. The lowest BCUT2D eigenvalue weighted by Gasteiger charge is -2.37. The summed E-state index contributed by atoms with van der Waals surface area (Å²) < 4.78 is 4.03. The van der Waals surface area contributed by atoms with Crippen molar-refractivity contribution in [2.75, 3.05) is 36.8 Å². The van der Waals surface area contributed by atoms with Crippen LogP contribution in [-0.4, -0.2) is 47.4 Å². The van der Waals surface area contributed by atoms with Crippen molar-refractivity contribution in [3.8, 4) is 0 Å². The van der Waals surface area contributed by atoms with Gasteiger partial charge < -0.3 is 16.4 Å². The summed E-state index contributed by atoms with van der Waals surface area (Å²) in [5, 5.41) is 0.809. The highest BCUT2D eigenvalue weighted by molar-refractivity contribution is 7.11. The van der Waals surface area contributed by atoms with E-state index in [4.69, 9.17) is 11.5 Å². The summed E-state index contributed by atoms with van der Waals surface area (Å²) in [6.07, 6.45) is 0. The summed E-state index contributed by atoms with van der Waals surface area (Å²) in [5.74, 6) is -0.253. The van der Waals surface area contributed by atoms with Gasteiger partial charge in [0.25, 0.3) is 5.91 Å². The van der Waals surface area contributed by atoms with Crippen LogP contribution >= 0.6 is 11.5 Å². The molecule has 0 atom stereocenters. The molecule has 1 aliphatic heterocycles. The fraction of sp³-hybridized carbons (Fsp3) is 0.636. The first-order valence-corrected chi connectivity index (χ1v) is 6.82. The molecular formula is C11H19N5OS. The van der Waals surface area contributed by atoms with Gasteiger partial charge in [0.1, 0.15) is 10.6 Å². The lowest BCUT2D eigenvalue weighted by molar-refractivity contribution is 0.100. The van der Waals surface area contributed by atoms with E-state index in [1.165, 1.54) is 11.5 Å². The molecule has 0 bridgehead atoms. The highest BCUT2D eigenvalue weighted by Crippen LogP contribution is 2.30. The predicted octanol–water partition coefficient (Wildman–Crippen LogP) is 0.355. The van der Waals surface area contributed by atoms with Gasteiger partial charge in [-0.15, -0.1) is 0 Å². The zero-order chi connectivity index (χ0) is 13.3. The molecule has 1 aliphatic rings. The van der Waals surface area contributed by atoms with Crippen molar-refractivity contribution in [1.29, 1.82) is 0 Å². The van der Waals surface area contributed by atoms with Crippen LogP contribution < -0.4 is 16.4 Å². The van der Waals surface area contributed by atoms with Crippen LogP contribution in [0.25, 0.3) is 0 Å². The fourth-order valence-corrected chi connectivity index (χ4v) is 3.05. The van der Waals surface area contributed by atoms with Gasteiger partial charge in [-0.2, -0.15) is 4.37 Å². The van der Waals surface area contributed by atoms with Crippen molar-refractivity contribution in [3.63, 3.8) is 0 Å². The largest absolute Gasteiger partial charge is 0.382 e. The van der Waals surface area contributed by atoms with Gasteiger partial charge in [-0.1, -0.05) is 0 Å². The number of nitrogen functional groups attached to an aromatic ring is 1. The van der Waals surface area contributed by atoms with E-state index in [0.29, 0.717) is 11.6 Å². The Morgan fingerprint density at radius 3 is 2.44 bits per heavy atom. The van der Waals surface area contributed by atoms with Crippen LogP contribution in [0.2, 0.25) is 0 Å². The number of nitrogens with zero attached hydrogens (tertiary/aromatic N) is 3. The van der Waals surface area contributed by atoms with E-state index in [1.54, 1.807) is 0 Å². The molecule has 0 saturated carbocycles. The Balaban J connectivity index is 2.13. The molecule has 1 fully saturated rings. The maximum Gasteiger partial charge on any atom is 0.255 e. The van der Waals surface area contributed by atoms with E-state index >= 15 is 0 Å². The Kier molecular flexibility index (Phi) is 3.72. The average Bonchev–Trinajstić information content (AvgIpc) is 2.71. The molecule has 1 aromatic rings. The Labute approximate surface area is 111 Å². The molecule has 1 amide bonds. The Bertz CT molecular complexity index is 437. The van der Waals surface area contributed by atoms with Crippen LogP contribution in [0.3, 0.4) is 0 Å². The molecule has 6 nitrogen and oxygen atoms in total. The van der Waals surface area contributed by atoms with Crippen molar-refractivity contribution in [2.24, 2.45) is 5.73 Å². The van der Waals surface area contributed by atoms with Crippen LogP contribution in [-0.2, 0) is 0 Å². The molecule has 2 heterocycles. The molecule has 7 heteroatoms. The summed E-state index contributed by atoms with van der Waals surface area (Å²) >= 11 is 1.25. The first kappa shape index (κ1) is 13.1. The number of hydrogen-bond acceptors (Lipinski definition) is 6. The van der Waals surface area contributed by atoms with Gasteiger partial charge in [0, 0.05) is 32.2 Å². The van der Waals surface area contributed by atoms with Crippen molar-refractivity contribution >= 4 is 28.3 Å². The molecule has 0 spiro atoms. The van der Waals surface area contributed by atoms with Gasteiger partial charge in [-0.25, -0.2) is 0 Å². The molecule has 1 aromatic heterocycles. The second-order valence-corrected chi connectivity index (χ2v) is 5.48. The molecule has 0 aliphatic carbocycles. The maximum atomic E-state index is 11.4. The number of hydrogen-bond donors (Lipinski definition) is 2. The first-order valence-electron chi connectivity index (χ1n) is 6.04. The number of carbonyl (C=O) groups excluding carboxylic acids is 1. The molecule has 0 radical (unpaired) electrons. The van der Waals surface area contributed by atoms with Crippen LogP contribution in [0.5, 0.6) is 0 Å². The highest BCUT2D eigenvalue weighted by atomic mass is 32.1. The lowest BCUT2D eigenvalue weighted by Crippen LogP contribution is -2.49. The van der Waals surface area contributed by atoms with Gasteiger partial charge in [-0.05, 0) is 25.4 Å². The standard InChI is InChI=1S/C11H19N5OS/c1-7(2)15-3-5-16(6-4-15)11-8(10(13)17)9(12)14-18-11/h7H,3-6H2,1-2H3,(H2,12,14)(H2,13,17). The number of anilines is 2. The third kappa shape index (κ3) is 2.41. The number of rotatable bonds is 3. The number of aromatic nitrogens is 1. The first-order chi connectivity index (χ1) is 8.50. The Hall–Kier alpha value is -1.34. The van der Waals surface area contributed by atoms with Crippen LogP contribution in [0.15, 0.2) is 0 Å². The van der Waals surface area contributed by atoms with Gasteiger partial charge >= 0.3 is 0 Å². The third-order valence-electron chi connectivity index (χ3n) is 3.28. The van der Waals surface area contributed by atoms with E-state index in [-0.39, 0.29) is 5.82 Å². The average molecular weight is 269 g/mol. The summed E-state index contributed by atoms with van der Waals surface area (Å²) in [5.41, 5.74) is 11.4. The Morgan fingerprint density at radius 2 is 1.94 bits per heavy atom. The lowest BCUT2D eigenvalue weighted by atomic mass is 10.2. The van der Waals surface area contributed by atoms with Gasteiger partial charge in [0.05, 0.1) is 0 Å². The number of piperazine rings is 1. The predicted molar refractivity (Wildman–Crippen MR) is 74.0 cm³/mol. The van der Waals surface area contributed by atoms with E-state index in [2.05, 4.69) is 28.0 Å². The molecule has 0 aromatic carbocycles. The van der Waals surface area contributed by atoms with Crippen molar-refractivity contribution in [1.82, 2.24) is 9.27 Å². The van der Waals surface area contributed by atoms with Crippen molar-refractivity contribution in [2.45, 2.75) is 19.9 Å². The summed E-state index contributed by atoms with van der Waals surface area (Å²) in [6, 6.07) is 0.550. The van der Waals surface area contributed by atoms with E-state index in [9.17, 15) is 4.79 Å². The van der Waals surface area contributed by atoms with E-state index in [0.717, 1.165) is 31.2 Å². The molecule has 1 saturated heterocycles. The second kappa shape index (κ2) is 5.11. The molecule has 0 unspecified atom stereocenters. The molecule has 100 valence electrons. The van der Waals surface area contributed by atoms with Crippen molar-refractivity contribution < 1.29 is 4.79 Å².